The number of hydrogen-bond donors (Lipinski definition) is 5. The van der Waals surface area contributed by atoms with E-state index in [0.29, 0.717) is 64.7 Å². The maximum absolute atomic E-state index is 13.7. The van der Waals surface area contributed by atoms with Gasteiger partial charge in [-0.05, 0) is 65.0 Å². The van der Waals surface area contributed by atoms with Gasteiger partial charge in [0, 0.05) is 48.8 Å². The molecule has 26 nitrogen and oxygen atoms in total. The Bertz CT molecular complexity index is 3220. The number of hydrogen-bond acceptors (Lipinski definition) is 19. The minimum atomic E-state index is -1.32. The molecule has 6 amide bonds. The quantitative estimate of drug-likeness (QED) is 0.0411. The second-order valence-electron chi connectivity index (χ2n) is 21.8. The SMILES string of the molecule is COC(=O)C(NC(=O)OCc1ccccc1)=C1COC1.COC(=O)NC(C(=O)N1CCC[C@H]1c1ncc(-c2ccc(-c3ccc(C4=CN=C([C@@H]5CCCN5C(=O)[C@@H](NC(=O)OC)C(C)C)C4)cc3)cc2)[nH]1)C1COC1.COC(=O)NC(C(=O)[O-])C1COC1.[Li+]. The van der Waals surface area contributed by atoms with Gasteiger partial charge in [0.05, 0.1) is 104 Å². The van der Waals surface area contributed by atoms with E-state index in [4.69, 9.17) is 33.4 Å². The summed E-state index contributed by atoms with van der Waals surface area (Å²) in [6.45, 7) is 7.28. The van der Waals surface area contributed by atoms with Crippen molar-refractivity contribution < 1.29 is 100 Å². The maximum atomic E-state index is 13.7. The average molecular weight is 1220 g/mol. The molecule has 3 aromatic carbocycles. The van der Waals surface area contributed by atoms with Crippen LogP contribution in [0.1, 0.15) is 68.9 Å². The first-order valence-electron chi connectivity index (χ1n) is 28.9. The number of benzene rings is 3. The van der Waals surface area contributed by atoms with Crippen LogP contribution in [0, 0.1) is 17.8 Å². The van der Waals surface area contributed by atoms with Crippen LogP contribution in [-0.4, -0.2) is 179 Å². The topological polar surface area (TPSA) is 329 Å². The number of imidazole rings is 1. The Balaban J connectivity index is 0.000000270. The molecular formula is C62H74LiN9O17. The van der Waals surface area contributed by atoms with E-state index in [1.165, 1.54) is 28.4 Å². The van der Waals surface area contributed by atoms with Crippen molar-refractivity contribution in [2.24, 2.45) is 22.7 Å². The number of carboxylic acids is 1. The van der Waals surface area contributed by atoms with E-state index >= 15 is 0 Å². The number of ether oxygens (including phenoxy) is 8. The molecule has 2 unspecified atom stereocenters. The molecule has 5 N–H and O–H groups in total. The number of aliphatic imine (C=N–C) groups is 1. The van der Waals surface area contributed by atoms with E-state index in [1.54, 1.807) is 6.20 Å². The Kier molecular flexibility index (Phi) is 24.9. The molecule has 7 heterocycles. The molecule has 5 fully saturated rings. The number of nitrogens with one attached hydrogen (secondary N) is 5. The molecule has 0 bridgehead atoms. The number of likely N-dealkylation sites (tertiary alicyclic amines) is 2. The number of amides is 6. The third-order valence-corrected chi connectivity index (χ3v) is 15.7. The van der Waals surface area contributed by atoms with E-state index in [-0.39, 0.29) is 72.8 Å². The Morgan fingerprint density at radius 3 is 1.72 bits per heavy atom. The molecule has 0 spiro atoms. The summed E-state index contributed by atoms with van der Waals surface area (Å²) in [5.74, 6) is -1.86. The summed E-state index contributed by atoms with van der Waals surface area (Å²) in [7, 11) is 5.00. The first-order valence-corrected chi connectivity index (χ1v) is 28.9. The van der Waals surface area contributed by atoms with Crippen LogP contribution in [0.15, 0.2) is 108 Å². The van der Waals surface area contributed by atoms with E-state index in [9.17, 15) is 43.5 Å². The summed E-state index contributed by atoms with van der Waals surface area (Å²) in [5.41, 5.74) is 8.80. The minimum Gasteiger partial charge on any atom is -0.548 e. The number of nitrogens with zero attached hydrogens (tertiary/aromatic N) is 4. The summed E-state index contributed by atoms with van der Waals surface area (Å²) in [5, 5.41) is 20.5. The van der Waals surface area contributed by atoms with Gasteiger partial charge >= 0.3 is 49.2 Å². The average Bonchev–Trinajstić information content (AvgIpc) is 2.11. The fourth-order valence-corrected chi connectivity index (χ4v) is 10.6. The molecule has 0 radical (unpaired) electrons. The number of aromatic amines is 1. The smallest absolute Gasteiger partial charge is 0.548 e. The number of esters is 1. The first-order chi connectivity index (χ1) is 42.5. The number of carbonyl (C=O) groups excluding carboxylic acids is 8. The van der Waals surface area contributed by atoms with Crippen LogP contribution in [0.25, 0.3) is 28.0 Å². The number of carboxylic acid groups (broad SMARTS) is 1. The van der Waals surface area contributed by atoms with Crippen LogP contribution < -0.4 is 45.2 Å². The summed E-state index contributed by atoms with van der Waals surface area (Å²) < 4.78 is 38.5. The van der Waals surface area contributed by atoms with Crippen molar-refractivity contribution in [3.05, 3.63) is 119 Å². The molecule has 5 saturated heterocycles. The number of H-pyrrole nitrogens is 1. The van der Waals surface area contributed by atoms with Crippen molar-refractivity contribution in [1.82, 2.24) is 41.0 Å². The number of aromatic nitrogens is 2. The van der Waals surface area contributed by atoms with E-state index in [1.807, 2.05) is 60.2 Å². The van der Waals surface area contributed by atoms with Gasteiger partial charge in [0.15, 0.2) is 0 Å². The number of methoxy groups -OCH3 is 4. The van der Waals surface area contributed by atoms with Crippen LogP contribution in [-0.2, 0) is 63.7 Å². The Morgan fingerprint density at radius 1 is 0.652 bits per heavy atom. The van der Waals surface area contributed by atoms with Crippen molar-refractivity contribution in [3.63, 3.8) is 0 Å². The summed E-state index contributed by atoms with van der Waals surface area (Å²) in [6, 6.07) is 23.3. The number of allylic oxidation sites excluding steroid dienone is 1. The largest absolute Gasteiger partial charge is 1.00 e. The monoisotopic (exact) mass is 1220 g/mol. The third kappa shape index (κ3) is 17.6. The van der Waals surface area contributed by atoms with Crippen molar-refractivity contribution >= 4 is 59.4 Å². The van der Waals surface area contributed by atoms with Gasteiger partial charge in [-0.15, -0.1) is 0 Å². The zero-order chi connectivity index (χ0) is 62.9. The molecule has 89 heavy (non-hydrogen) atoms. The van der Waals surface area contributed by atoms with E-state index in [0.717, 1.165) is 76.3 Å². The fraction of sp³-hybridized carbons (Fsp3) is 0.452. The van der Waals surface area contributed by atoms with Crippen molar-refractivity contribution in [2.75, 3.05) is 81.2 Å². The molecule has 0 saturated carbocycles. The first kappa shape index (κ1) is 68.0. The van der Waals surface area contributed by atoms with Crippen LogP contribution in [0.2, 0.25) is 0 Å². The molecule has 27 heteroatoms. The Labute approximate surface area is 526 Å². The van der Waals surface area contributed by atoms with Gasteiger partial charge in [-0.25, -0.2) is 29.0 Å². The van der Waals surface area contributed by atoms with Crippen LogP contribution in [0.3, 0.4) is 0 Å². The zero-order valence-electron chi connectivity index (χ0n) is 50.9. The third-order valence-electron chi connectivity index (χ3n) is 15.7. The normalized spacial score (nSPS) is 18.5. The summed E-state index contributed by atoms with van der Waals surface area (Å²) in [6.07, 6.45) is 5.00. The second-order valence-corrected chi connectivity index (χ2v) is 21.8. The summed E-state index contributed by atoms with van der Waals surface area (Å²) in [4.78, 5) is 112. The molecule has 470 valence electrons. The van der Waals surface area contributed by atoms with Gasteiger partial charge in [-0.3, -0.25) is 19.9 Å². The molecular weight excluding hydrogens is 1150 g/mol. The number of rotatable bonds is 18. The van der Waals surface area contributed by atoms with Gasteiger partial charge in [0.1, 0.15) is 30.2 Å². The van der Waals surface area contributed by atoms with Crippen molar-refractivity contribution in [3.8, 4) is 22.4 Å². The molecule has 1 aromatic heterocycles. The molecule has 6 aliphatic heterocycles. The number of carbonyl (C=O) groups is 8. The van der Waals surface area contributed by atoms with Gasteiger partial charge in [0.2, 0.25) is 11.8 Å². The molecule has 4 aromatic rings. The van der Waals surface area contributed by atoms with E-state index < -0.39 is 54.4 Å². The van der Waals surface area contributed by atoms with Crippen LogP contribution in [0.4, 0.5) is 19.2 Å². The fourth-order valence-electron chi connectivity index (χ4n) is 10.6. The maximum Gasteiger partial charge on any atom is 1.00 e. The van der Waals surface area contributed by atoms with Gasteiger partial charge in [0.25, 0.3) is 0 Å². The van der Waals surface area contributed by atoms with Crippen LogP contribution in [0.5, 0.6) is 0 Å². The van der Waals surface area contributed by atoms with E-state index in [2.05, 4.69) is 89.2 Å². The zero-order valence-corrected chi connectivity index (χ0v) is 50.9. The number of alkyl carbamates (subject to hydrolysis) is 4. The Hall–Kier alpha value is -8.54. The van der Waals surface area contributed by atoms with Crippen molar-refractivity contribution in [2.45, 2.75) is 82.8 Å². The molecule has 0 aliphatic carbocycles. The van der Waals surface area contributed by atoms with Gasteiger partial charge in [-0.2, -0.15) is 0 Å². The molecule has 10 rings (SSSR count). The van der Waals surface area contributed by atoms with Gasteiger partial charge < -0.3 is 78.5 Å². The van der Waals surface area contributed by atoms with Crippen molar-refractivity contribution in [1.29, 1.82) is 0 Å². The summed E-state index contributed by atoms with van der Waals surface area (Å²) >= 11 is 0. The minimum absolute atomic E-state index is 0. The second kappa shape index (κ2) is 32.6. The van der Waals surface area contributed by atoms with Crippen LogP contribution >= 0.6 is 0 Å². The predicted octanol–water partition coefficient (Wildman–Crippen LogP) is 1.82. The predicted molar refractivity (Wildman–Crippen MR) is 314 cm³/mol. The molecule has 5 atom stereocenters. The Morgan fingerprint density at radius 2 is 1.19 bits per heavy atom. The van der Waals surface area contributed by atoms with Gasteiger partial charge in [-0.1, -0.05) is 92.7 Å². The standard InChI is InChI=1S/C41H49N7O7.C14H15NO5.C7H11NO5.Li/c1-24(2)35(45-40(51)53-3)38(49)47-17-5-7-33(47)31-19-29(20-42-31)27-11-9-25(10-12-27)26-13-15-28(16-14-26)32-21-43-37(44-32)34-8-6-18-48(34)39(50)36(30-22-55-23-30)46-41(52)54-4;1-18-13(16)12(11-8-19-9-11)15-14(17)20-7-10-5-3-2-4-6-10;1-12-7(11)8-5(6(9)10)4-2-13-3-4;/h9-16,20-21,24,30,33-36H,5-8,17-19,22-23H2,1-4H3,(H,43,44)(H,45,51)(H,46,52);2-6H,7-9H2,1H3,(H,15,17);4-5H,2-3H2,1H3,(H,8,11)(H,9,10);/q;;;+1/p-1/t33-,34-,35-,36?;;;/m0.../s1. The molecule has 6 aliphatic rings. The number of aliphatic carboxylic acids is 1.